The van der Waals surface area contributed by atoms with Crippen LogP contribution >= 0.6 is 0 Å². The topological polar surface area (TPSA) is 0 Å². The number of benzene rings is 1. The minimum Gasteiger partial charge on any atom is -0.207 e. The van der Waals surface area contributed by atoms with E-state index in [1.165, 1.54) is 5.57 Å². The summed E-state index contributed by atoms with van der Waals surface area (Å²) < 4.78 is 27.7. The quantitative estimate of drug-likeness (QED) is 0.691. The van der Waals surface area contributed by atoms with Crippen LogP contribution in [0.25, 0.3) is 0 Å². The minimum absolute atomic E-state index is 0.00889. The van der Waals surface area contributed by atoms with Gasteiger partial charge in [0.05, 0.1) is 0 Å². The summed E-state index contributed by atoms with van der Waals surface area (Å²) >= 11 is 0. The Labute approximate surface area is 113 Å². The second-order valence-corrected chi connectivity index (χ2v) is 5.45. The van der Waals surface area contributed by atoms with Gasteiger partial charge in [-0.1, -0.05) is 37.1 Å². The molecule has 0 nitrogen and oxygen atoms in total. The van der Waals surface area contributed by atoms with Crippen LogP contribution in [0.1, 0.15) is 44.7 Å². The molecular weight excluding hydrogens is 242 g/mol. The van der Waals surface area contributed by atoms with Crippen LogP contribution < -0.4 is 0 Å². The molecule has 2 rings (SSSR count). The maximum atomic E-state index is 14.1. The summed E-state index contributed by atoms with van der Waals surface area (Å²) in [6.07, 6.45) is 4.81. The Kier molecular flexibility index (Phi) is 3.88. The summed E-state index contributed by atoms with van der Waals surface area (Å²) in [5, 5.41) is 0. The predicted molar refractivity (Wildman–Crippen MR) is 75.2 cm³/mol. The van der Waals surface area contributed by atoms with Gasteiger partial charge in [0.25, 0.3) is 0 Å². The van der Waals surface area contributed by atoms with Gasteiger partial charge in [0.1, 0.15) is 11.6 Å². The molecule has 0 N–H and O–H groups in total. The van der Waals surface area contributed by atoms with E-state index >= 15 is 0 Å². The first-order valence-electron chi connectivity index (χ1n) is 6.78. The zero-order valence-electron chi connectivity index (χ0n) is 11.9. The van der Waals surface area contributed by atoms with Gasteiger partial charge < -0.3 is 0 Å². The molecule has 1 aromatic rings. The molecule has 19 heavy (non-hydrogen) atoms. The number of hydrogen-bond acceptors (Lipinski definition) is 0. The SMILES string of the molecule is CCc1cc(C2C(C)=CC(C)=CC2C)c(F)cc1F. The van der Waals surface area contributed by atoms with Crippen molar-refractivity contribution in [3.05, 3.63) is 58.2 Å². The average molecular weight is 262 g/mol. The van der Waals surface area contributed by atoms with Crippen molar-refractivity contribution in [2.24, 2.45) is 5.92 Å². The Morgan fingerprint density at radius 2 is 1.79 bits per heavy atom. The highest BCUT2D eigenvalue weighted by molar-refractivity contribution is 5.41. The van der Waals surface area contributed by atoms with E-state index in [2.05, 4.69) is 26.0 Å². The van der Waals surface area contributed by atoms with Gasteiger partial charge in [0, 0.05) is 12.0 Å². The molecule has 2 atom stereocenters. The van der Waals surface area contributed by atoms with Crippen molar-refractivity contribution in [2.45, 2.75) is 40.0 Å². The Hall–Kier alpha value is -1.44. The lowest BCUT2D eigenvalue weighted by Gasteiger charge is -2.28. The van der Waals surface area contributed by atoms with E-state index in [4.69, 9.17) is 0 Å². The average Bonchev–Trinajstić information content (AvgIpc) is 2.30. The zero-order chi connectivity index (χ0) is 14.2. The molecule has 0 heterocycles. The lowest BCUT2D eigenvalue weighted by molar-refractivity contribution is 0.525. The predicted octanol–water partition coefficient (Wildman–Crippen LogP) is 5.15. The van der Waals surface area contributed by atoms with Crippen molar-refractivity contribution in [1.29, 1.82) is 0 Å². The molecule has 102 valence electrons. The van der Waals surface area contributed by atoms with E-state index in [-0.39, 0.29) is 11.8 Å². The highest BCUT2D eigenvalue weighted by atomic mass is 19.1. The summed E-state index contributed by atoms with van der Waals surface area (Å²) in [4.78, 5) is 0. The van der Waals surface area contributed by atoms with Crippen molar-refractivity contribution < 1.29 is 8.78 Å². The lowest BCUT2D eigenvalue weighted by atomic mass is 9.77. The standard InChI is InChI=1S/C17H20F2/c1-5-13-8-14(16(19)9-15(13)18)17-11(3)6-10(2)7-12(17)4/h6-9,11,17H,5H2,1-4H3. The molecule has 0 radical (unpaired) electrons. The number of hydrogen-bond donors (Lipinski definition) is 0. The first kappa shape index (κ1) is 14.0. The highest BCUT2D eigenvalue weighted by Gasteiger charge is 2.26. The molecule has 0 aromatic heterocycles. The van der Waals surface area contributed by atoms with Crippen LogP contribution in [0.2, 0.25) is 0 Å². The molecule has 1 aromatic carbocycles. The van der Waals surface area contributed by atoms with Crippen molar-refractivity contribution in [2.75, 3.05) is 0 Å². The van der Waals surface area contributed by atoms with E-state index in [0.717, 1.165) is 11.6 Å². The minimum atomic E-state index is -0.444. The lowest BCUT2D eigenvalue weighted by Crippen LogP contribution is -2.15. The molecule has 0 aliphatic heterocycles. The number of rotatable bonds is 2. The van der Waals surface area contributed by atoms with Gasteiger partial charge >= 0.3 is 0 Å². The summed E-state index contributed by atoms with van der Waals surface area (Å²) in [5.41, 5.74) is 3.55. The van der Waals surface area contributed by atoms with Gasteiger partial charge in [-0.05, 0) is 43.4 Å². The van der Waals surface area contributed by atoms with Crippen molar-refractivity contribution >= 4 is 0 Å². The van der Waals surface area contributed by atoms with Gasteiger partial charge in [-0.15, -0.1) is 0 Å². The molecule has 0 saturated carbocycles. The molecule has 0 spiro atoms. The largest absolute Gasteiger partial charge is 0.207 e. The summed E-state index contributed by atoms with van der Waals surface area (Å²) in [7, 11) is 0. The smallest absolute Gasteiger partial charge is 0.129 e. The van der Waals surface area contributed by atoms with E-state index in [0.29, 0.717) is 17.5 Å². The third kappa shape index (κ3) is 2.63. The third-order valence-electron chi connectivity index (χ3n) is 3.88. The first-order valence-corrected chi connectivity index (χ1v) is 6.78. The maximum Gasteiger partial charge on any atom is 0.129 e. The van der Waals surface area contributed by atoms with Gasteiger partial charge in [-0.25, -0.2) is 8.78 Å². The van der Waals surface area contributed by atoms with Crippen LogP contribution in [0, 0.1) is 17.6 Å². The molecule has 0 amide bonds. The Morgan fingerprint density at radius 1 is 1.11 bits per heavy atom. The maximum absolute atomic E-state index is 14.1. The van der Waals surface area contributed by atoms with Crippen LogP contribution in [0.4, 0.5) is 8.78 Å². The van der Waals surface area contributed by atoms with Gasteiger partial charge in [-0.2, -0.15) is 0 Å². The number of allylic oxidation sites excluding steroid dienone is 4. The molecule has 2 unspecified atom stereocenters. The van der Waals surface area contributed by atoms with E-state index in [1.54, 1.807) is 6.07 Å². The normalized spacial score (nSPS) is 23.1. The summed E-state index contributed by atoms with van der Waals surface area (Å²) in [6.45, 7) is 8.04. The molecule has 2 heteroatoms. The monoisotopic (exact) mass is 262 g/mol. The first-order chi connectivity index (χ1) is 8.93. The van der Waals surface area contributed by atoms with Crippen LogP contribution in [-0.2, 0) is 6.42 Å². The number of halogens is 2. The Bertz CT molecular complexity index is 553. The molecule has 0 fully saturated rings. The highest BCUT2D eigenvalue weighted by Crippen LogP contribution is 2.38. The van der Waals surface area contributed by atoms with Crippen LogP contribution in [-0.4, -0.2) is 0 Å². The fourth-order valence-corrected chi connectivity index (χ4v) is 3.07. The second kappa shape index (κ2) is 5.28. The van der Waals surface area contributed by atoms with Crippen molar-refractivity contribution in [3.63, 3.8) is 0 Å². The van der Waals surface area contributed by atoms with Crippen molar-refractivity contribution in [1.82, 2.24) is 0 Å². The summed E-state index contributed by atoms with van der Waals surface area (Å²) in [5.74, 6) is -0.642. The summed E-state index contributed by atoms with van der Waals surface area (Å²) in [6, 6.07) is 2.72. The molecule has 0 bridgehead atoms. The van der Waals surface area contributed by atoms with Crippen LogP contribution in [0.5, 0.6) is 0 Å². The second-order valence-electron chi connectivity index (χ2n) is 5.45. The van der Waals surface area contributed by atoms with Gasteiger partial charge in [0.15, 0.2) is 0 Å². The molecular formula is C17H20F2. The van der Waals surface area contributed by atoms with E-state index < -0.39 is 11.6 Å². The van der Waals surface area contributed by atoms with Crippen LogP contribution in [0.3, 0.4) is 0 Å². The van der Waals surface area contributed by atoms with Gasteiger partial charge in [0.2, 0.25) is 0 Å². The fourth-order valence-electron chi connectivity index (χ4n) is 3.07. The molecule has 0 saturated heterocycles. The fraction of sp³-hybridized carbons (Fsp3) is 0.412. The molecule has 1 aliphatic rings. The third-order valence-corrected chi connectivity index (χ3v) is 3.88. The van der Waals surface area contributed by atoms with Gasteiger partial charge in [-0.3, -0.25) is 0 Å². The number of aryl methyl sites for hydroxylation is 1. The Morgan fingerprint density at radius 3 is 2.37 bits per heavy atom. The van der Waals surface area contributed by atoms with Crippen LogP contribution in [0.15, 0.2) is 35.4 Å². The zero-order valence-corrected chi connectivity index (χ0v) is 11.9. The molecule has 1 aliphatic carbocycles. The van der Waals surface area contributed by atoms with Crippen molar-refractivity contribution in [3.8, 4) is 0 Å². The van der Waals surface area contributed by atoms with E-state index in [9.17, 15) is 8.78 Å². The Balaban J connectivity index is 2.51. The van der Waals surface area contributed by atoms with E-state index in [1.807, 2.05) is 13.8 Å².